The molecule has 3 aromatic rings. The number of ether oxygens (including phenoxy) is 2. The number of anilines is 1. The van der Waals surface area contributed by atoms with Crippen LogP contribution >= 0.6 is 11.6 Å². The zero-order valence-corrected chi connectivity index (χ0v) is 17.9. The van der Waals surface area contributed by atoms with Gasteiger partial charge in [-0.05, 0) is 44.3 Å². The molecule has 1 fully saturated rings. The highest BCUT2D eigenvalue weighted by Gasteiger charge is 2.78. The minimum Gasteiger partial charge on any atom is -0.492 e. The molecule has 2 heterocycles. The van der Waals surface area contributed by atoms with E-state index in [0.29, 0.717) is 16.6 Å². The Bertz CT molecular complexity index is 1140. The molecular formula is C22H21ClF3N3O2. The van der Waals surface area contributed by atoms with Crippen molar-refractivity contribution < 1.29 is 22.6 Å². The molecule has 1 aromatic heterocycles. The number of alkyl halides is 2. The molecule has 2 atom stereocenters. The lowest BCUT2D eigenvalue weighted by Crippen LogP contribution is -2.41. The minimum absolute atomic E-state index is 0.0403. The predicted octanol–water partition coefficient (Wildman–Crippen LogP) is 5.08. The van der Waals surface area contributed by atoms with Crippen molar-refractivity contribution in [2.75, 3.05) is 26.0 Å². The lowest BCUT2D eigenvalue weighted by Gasteiger charge is -2.28. The summed E-state index contributed by atoms with van der Waals surface area (Å²) in [7, 11) is 2.79. The molecular weight excluding hydrogens is 431 g/mol. The lowest BCUT2D eigenvalue weighted by atomic mass is 9.90. The second-order valence-electron chi connectivity index (χ2n) is 7.42. The SMILES string of the molecule is CNCC1(C(Nc2cccc3nc(C)ccc23)c2ccc(Cl)c(OC)c2F)OC1(F)F. The summed E-state index contributed by atoms with van der Waals surface area (Å²) >= 11 is 6.02. The number of hydrogen-bond donors (Lipinski definition) is 2. The van der Waals surface area contributed by atoms with Gasteiger partial charge >= 0.3 is 6.11 Å². The second kappa shape index (κ2) is 7.85. The van der Waals surface area contributed by atoms with Gasteiger partial charge in [-0.15, -0.1) is 0 Å². The third-order valence-corrected chi connectivity index (χ3v) is 5.73. The first-order valence-electron chi connectivity index (χ1n) is 9.61. The third kappa shape index (κ3) is 3.58. The third-order valence-electron chi connectivity index (χ3n) is 5.43. The summed E-state index contributed by atoms with van der Waals surface area (Å²) in [4.78, 5) is 4.47. The van der Waals surface area contributed by atoms with Crippen molar-refractivity contribution in [3.05, 3.63) is 64.6 Å². The first-order valence-corrected chi connectivity index (χ1v) is 9.99. The molecule has 2 unspecified atom stereocenters. The average Bonchev–Trinajstić information content (AvgIpc) is 3.28. The van der Waals surface area contributed by atoms with Crippen molar-refractivity contribution >= 4 is 28.2 Å². The molecule has 0 spiro atoms. The summed E-state index contributed by atoms with van der Waals surface area (Å²) in [6.07, 6.45) is -3.47. The number of aryl methyl sites for hydroxylation is 1. The zero-order chi connectivity index (χ0) is 22.4. The van der Waals surface area contributed by atoms with Gasteiger partial charge in [-0.3, -0.25) is 9.72 Å². The molecule has 1 aliphatic rings. The van der Waals surface area contributed by atoms with Crippen LogP contribution in [0.4, 0.5) is 18.9 Å². The number of epoxide rings is 1. The van der Waals surface area contributed by atoms with Gasteiger partial charge < -0.3 is 15.4 Å². The Morgan fingerprint density at radius 1 is 1.19 bits per heavy atom. The number of pyridine rings is 1. The van der Waals surface area contributed by atoms with Crippen LogP contribution in [0.1, 0.15) is 17.3 Å². The number of fused-ring (bicyclic) bond motifs is 1. The molecule has 2 N–H and O–H groups in total. The van der Waals surface area contributed by atoms with E-state index in [1.807, 2.05) is 25.1 Å². The molecule has 9 heteroatoms. The van der Waals surface area contributed by atoms with Gasteiger partial charge in [0, 0.05) is 28.9 Å². The molecule has 1 saturated heterocycles. The Labute approximate surface area is 182 Å². The van der Waals surface area contributed by atoms with Gasteiger partial charge in [0.05, 0.1) is 23.7 Å². The largest absolute Gasteiger partial charge is 0.492 e. The molecule has 0 radical (unpaired) electrons. The Kier molecular flexibility index (Phi) is 5.49. The number of benzene rings is 2. The standard InChI is InChI=1S/C22H21ClF3N3O2/c1-12-7-8-13-16(28-12)5-4-6-17(13)29-20(21(11-27-2)22(25,26)31-21)14-9-10-15(23)19(30-3)18(14)24/h4-10,20,27,29H,11H2,1-3H3. The molecule has 0 saturated carbocycles. The van der Waals surface area contributed by atoms with E-state index in [1.165, 1.54) is 26.3 Å². The summed E-state index contributed by atoms with van der Waals surface area (Å²) in [5, 5.41) is 6.57. The van der Waals surface area contributed by atoms with E-state index >= 15 is 4.39 Å². The number of halogens is 4. The van der Waals surface area contributed by atoms with Crippen molar-refractivity contribution in [2.45, 2.75) is 24.7 Å². The van der Waals surface area contributed by atoms with Crippen LogP contribution < -0.4 is 15.4 Å². The topological polar surface area (TPSA) is 58.7 Å². The Balaban J connectivity index is 1.88. The Morgan fingerprint density at radius 2 is 1.94 bits per heavy atom. The number of aromatic nitrogens is 1. The monoisotopic (exact) mass is 451 g/mol. The number of nitrogens with one attached hydrogen (secondary N) is 2. The molecule has 0 aliphatic carbocycles. The van der Waals surface area contributed by atoms with Gasteiger partial charge in [-0.25, -0.2) is 4.39 Å². The quantitative estimate of drug-likeness (QED) is 0.491. The van der Waals surface area contributed by atoms with Crippen LogP contribution in [0.2, 0.25) is 5.02 Å². The number of nitrogens with zero attached hydrogens (tertiary/aromatic N) is 1. The molecule has 1 aliphatic heterocycles. The van der Waals surface area contributed by atoms with Crippen molar-refractivity contribution in [3.63, 3.8) is 0 Å². The number of likely N-dealkylation sites (N-methyl/N-ethyl adjacent to an activating group) is 1. The highest BCUT2D eigenvalue weighted by atomic mass is 35.5. The van der Waals surface area contributed by atoms with Crippen LogP contribution in [-0.2, 0) is 4.74 Å². The Morgan fingerprint density at radius 3 is 2.58 bits per heavy atom. The molecule has 0 bridgehead atoms. The molecule has 4 rings (SSSR count). The van der Waals surface area contributed by atoms with Gasteiger partial charge in [-0.2, -0.15) is 8.78 Å². The normalized spacial score (nSPS) is 20.5. The van der Waals surface area contributed by atoms with E-state index in [4.69, 9.17) is 21.1 Å². The van der Waals surface area contributed by atoms with E-state index in [0.717, 1.165) is 5.69 Å². The molecule has 5 nitrogen and oxygen atoms in total. The van der Waals surface area contributed by atoms with E-state index in [9.17, 15) is 8.78 Å². The lowest BCUT2D eigenvalue weighted by molar-refractivity contribution is 0.000490. The molecule has 164 valence electrons. The van der Waals surface area contributed by atoms with E-state index in [1.54, 1.807) is 12.1 Å². The first kappa shape index (κ1) is 21.7. The predicted molar refractivity (Wildman–Crippen MR) is 113 cm³/mol. The smallest absolute Gasteiger partial charge is 0.389 e. The van der Waals surface area contributed by atoms with E-state index in [2.05, 4.69) is 15.6 Å². The molecule has 2 aromatic carbocycles. The highest BCUT2D eigenvalue weighted by Crippen LogP contribution is 2.59. The van der Waals surface area contributed by atoms with Gasteiger partial charge in [0.1, 0.15) is 0 Å². The van der Waals surface area contributed by atoms with Crippen LogP contribution in [0, 0.1) is 12.7 Å². The van der Waals surface area contributed by atoms with Crippen LogP contribution in [0.3, 0.4) is 0 Å². The van der Waals surface area contributed by atoms with Gasteiger partial charge in [0.25, 0.3) is 0 Å². The highest BCUT2D eigenvalue weighted by molar-refractivity contribution is 6.32. The second-order valence-corrected chi connectivity index (χ2v) is 7.83. The van der Waals surface area contributed by atoms with E-state index in [-0.39, 0.29) is 22.9 Å². The Hall–Kier alpha value is -2.55. The van der Waals surface area contributed by atoms with Crippen LogP contribution in [0.15, 0.2) is 42.5 Å². The van der Waals surface area contributed by atoms with Crippen LogP contribution in [0.5, 0.6) is 5.75 Å². The number of rotatable bonds is 7. The van der Waals surface area contributed by atoms with Crippen molar-refractivity contribution in [1.82, 2.24) is 10.3 Å². The van der Waals surface area contributed by atoms with Gasteiger partial charge in [-0.1, -0.05) is 23.7 Å². The van der Waals surface area contributed by atoms with Crippen molar-refractivity contribution in [3.8, 4) is 5.75 Å². The minimum atomic E-state index is -3.47. The van der Waals surface area contributed by atoms with Gasteiger partial charge in [0.2, 0.25) is 5.60 Å². The van der Waals surface area contributed by atoms with Crippen molar-refractivity contribution in [1.29, 1.82) is 0 Å². The first-order chi connectivity index (χ1) is 14.7. The molecule has 31 heavy (non-hydrogen) atoms. The fraction of sp³-hybridized carbons (Fsp3) is 0.318. The van der Waals surface area contributed by atoms with Crippen molar-refractivity contribution in [2.24, 2.45) is 0 Å². The van der Waals surface area contributed by atoms with Gasteiger partial charge in [0.15, 0.2) is 11.6 Å². The molecule has 0 amide bonds. The summed E-state index contributed by atoms with van der Waals surface area (Å²) in [6, 6.07) is 10.5. The zero-order valence-electron chi connectivity index (χ0n) is 17.1. The summed E-state index contributed by atoms with van der Waals surface area (Å²) in [6.45, 7) is 1.64. The average molecular weight is 452 g/mol. The maximum Gasteiger partial charge on any atom is 0.389 e. The maximum atomic E-state index is 15.3. The number of methoxy groups -OCH3 is 1. The summed E-state index contributed by atoms with van der Waals surface area (Å²) < 4.78 is 54.4. The van der Waals surface area contributed by atoms with Crippen LogP contribution in [-0.4, -0.2) is 37.4 Å². The number of hydrogen-bond acceptors (Lipinski definition) is 5. The summed E-state index contributed by atoms with van der Waals surface area (Å²) in [5.41, 5.74) is -0.0415. The summed E-state index contributed by atoms with van der Waals surface area (Å²) in [5.74, 6) is -1.05. The fourth-order valence-corrected chi connectivity index (χ4v) is 4.10. The maximum absolute atomic E-state index is 15.3. The van der Waals surface area contributed by atoms with Crippen LogP contribution in [0.25, 0.3) is 10.9 Å². The fourth-order valence-electron chi connectivity index (χ4n) is 3.88. The van der Waals surface area contributed by atoms with E-state index < -0.39 is 23.6 Å².